The van der Waals surface area contributed by atoms with Crippen molar-refractivity contribution in [2.24, 2.45) is 0 Å². The first-order chi connectivity index (χ1) is 16.7. The van der Waals surface area contributed by atoms with Crippen LogP contribution in [0, 0.1) is 0 Å². The highest BCUT2D eigenvalue weighted by atomic mass is 16.5. The summed E-state index contributed by atoms with van der Waals surface area (Å²) in [7, 11) is 3.33. The number of rotatable bonds is 7. The van der Waals surface area contributed by atoms with Gasteiger partial charge in [0.1, 0.15) is 11.6 Å². The molecule has 5 rings (SSSR count). The first-order valence-corrected chi connectivity index (χ1v) is 11.2. The second kappa shape index (κ2) is 9.05. The number of ether oxygens (including phenoxy) is 3. The molecule has 3 heterocycles. The lowest BCUT2D eigenvalue weighted by atomic mass is 9.97. The van der Waals surface area contributed by atoms with Crippen molar-refractivity contribution >= 4 is 23.2 Å². The largest absolute Gasteiger partial charge is 0.493 e. The van der Waals surface area contributed by atoms with Crippen LogP contribution in [0.2, 0.25) is 0 Å². The number of aromatic nitrogens is 3. The van der Waals surface area contributed by atoms with Crippen LogP contribution >= 0.6 is 0 Å². The molecule has 0 aliphatic carbocycles. The molecule has 0 saturated heterocycles. The number of fused-ring (bicyclic) bond motifs is 2. The van der Waals surface area contributed by atoms with Crippen LogP contribution in [0.1, 0.15) is 23.6 Å². The van der Waals surface area contributed by atoms with Crippen molar-refractivity contribution in [3.05, 3.63) is 59.3 Å². The number of nitrogens with zero attached hydrogens (tertiary/aromatic N) is 3. The first-order valence-electron chi connectivity index (χ1n) is 11.2. The van der Waals surface area contributed by atoms with E-state index in [-0.39, 0.29) is 0 Å². The monoisotopic (exact) mass is 458 g/mol. The zero-order valence-electron chi connectivity index (χ0n) is 19.4. The summed E-state index contributed by atoms with van der Waals surface area (Å²) in [6, 6.07) is 11.7. The number of hydrogen-bond acceptors (Lipinski definition) is 7. The molecule has 0 amide bonds. The Morgan fingerprint density at radius 3 is 2.79 bits per heavy atom. The summed E-state index contributed by atoms with van der Waals surface area (Å²) in [6.45, 7) is 3.99. The molecule has 0 spiro atoms. The fraction of sp³-hybridized carbons (Fsp3) is 0.269. The van der Waals surface area contributed by atoms with Crippen LogP contribution < -0.4 is 19.1 Å². The van der Waals surface area contributed by atoms with Gasteiger partial charge in [0.2, 0.25) is 0 Å². The molecule has 8 heteroatoms. The van der Waals surface area contributed by atoms with Gasteiger partial charge in [-0.05, 0) is 54.3 Å². The van der Waals surface area contributed by atoms with E-state index in [1.54, 1.807) is 20.3 Å². The Morgan fingerprint density at radius 2 is 2.03 bits per heavy atom. The predicted octanol–water partition coefficient (Wildman–Crippen LogP) is 4.30. The van der Waals surface area contributed by atoms with Crippen LogP contribution in [-0.4, -0.2) is 42.4 Å². The highest BCUT2D eigenvalue weighted by molar-refractivity contribution is 5.92. The number of pyridine rings is 1. The van der Waals surface area contributed by atoms with Crippen LogP contribution in [0.25, 0.3) is 22.2 Å². The summed E-state index contributed by atoms with van der Waals surface area (Å²) in [6.07, 6.45) is 3.47. The molecule has 8 nitrogen and oxygen atoms in total. The molecule has 1 aliphatic rings. The third kappa shape index (κ3) is 3.71. The molecule has 1 N–H and O–H groups in total. The van der Waals surface area contributed by atoms with Crippen molar-refractivity contribution in [3.63, 3.8) is 0 Å². The molecule has 2 aromatic carbocycles. The maximum Gasteiger partial charge on any atom is 0.298 e. The number of H-pyrrole nitrogens is 1. The SMILES string of the molecule is CCc1cc(OC=O)ccc1-c1cc2[nH]ncc2c(N2CCc3ccc(OC)c(OC)c3C2)n1. The van der Waals surface area contributed by atoms with Gasteiger partial charge in [-0.15, -0.1) is 0 Å². The summed E-state index contributed by atoms with van der Waals surface area (Å²) >= 11 is 0. The van der Waals surface area contributed by atoms with Gasteiger partial charge in [0.15, 0.2) is 11.5 Å². The summed E-state index contributed by atoms with van der Waals surface area (Å²) < 4.78 is 16.3. The molecule has 2 aromatic heterocycles. The zero-order chi connectivity index (χ0) is 23.7. The number of benzene rings is 2. The smallest absolute Gasteiger partial charge is 0.298 e. The second-order valence-corrected chi connectivity index (χ2v) is 8.16. The Morgan fingerprint density at radius 1 is 1.15 bits per heavy atom. The summed E-state index contributed by atoms with van der Waals surface area (Å²) in [4.78, 5) is 18.1. The van der Waals surface area contributed by atoms with E-state index >= 15 is 0 Å². The van der Waals surface area contributed by atoms with Crippen LogP contribution in [0.15, 0.2) is 42.6 Å². The van der Waals surface area contributed by atoms with E-state index in [2.05, 4.69) is 28.1 Å². The number of methoxy groups -OCH3 is 2. The molecule has 34 heavy (non-hydrogen) atoms. The highest BCUT2D eigenvalue weighted by Gasteiger charge is 2.25. The van der Waals surface area contributed by atoms with Gasteiger partial charge in [-0.3, -0.25) is 9.89 Å². The van der Waals surface area contributed by atoms with Gasteiger partial charge < -0.3 is 19.1 Å². The molecule has 1 aliphatic heterocycles. The minimum absolute atomic E-state index is 0.443. The van der Waals surface area contributed by atoms with Gasteiger partial charge in [-0.25, -0.2) is 4.98 Å². The Kier molecular flexibility index (Phi) is 5.79. The number of aromatic amines is 1. The van der Waals surface area contributed by atoms with Crippen molar-refractivity contribution in [3.8, 4) is 28.5 Å². The molecular weight excluding hydrogens is 432 g/mol. The van der Waals surface area contributed by atoms with Gasteiger partial charge >= 0.3 is 0 Å². The highest BCUT2D eigenvalue weighted by Crippen LogP contribution is 2.39. The standard InChI is InChI=1S/C26H26N4O4/c1-4-16-11-18(34-15-31)6-7-19(16)22-12-23-20(13-27-29-23)26(28-22)30-10-9-17-5-8-24(32-2)25(33-3)21(17)14-30/h5-8,11-13,15H,4,9-10,14H2,1-3H3,(H,27,29). The van der Waals surface area contributed by atoms with E-state index in [0.717, 1.165) is 70.0 Å². The van der Waals surface area contributed by atoms with Gasteiger partial charge in [0.25, 0.3) is 6.47 Å². The molecule has 0 bridgehead atoms. The summed E-state index contributed by atoms with van der Waals surface area (Å²) in [5.41, 5.74) is 6.17. The van der Waals surface area contributed by atoms with Crippen LogP contribution in [-0.2, 0) is 24.2 Å². The molecule has 4 aromatic rings. The van der Waals surface area contributed by atoms with E-state index < -0.39 is 0 Å². The number of carbonyl (C=O) groups is 1. The molecule has 0 atom stereocenters. The van der Waals surface area contributed by atoms with Crippen molar-refractivity contribution in [1.82, 2.24) is 15.2 Å². The fourth-order valence-corrected chi connectivity index (χ4v) is 4.69. The average Bonchev–Trinajstić information content (AvgIpc) is 3.36. The molecule has 0 saturated carbocycles. The van der Waals surface area contributed by atoms with Gasteiger partial charge in [-0.2, -0.15) is 5.10 Å². The Labute approximate surface area is 197 Å². The lowest BCUT2D eigenvalue weighted by Gasteiger charge is -2.32. The molecule has 174 valence electrons. The fourth-order valence-electron chi connectivity index (χ4n) is 4.69. The molecular formula is C26H26N4O4. The van der Waals surface area contributed by atoms with Crippen molar-refractivity contribution in [2.75, 3.05) is 25.7 Å². The van der Waals surface area contributed by atoms with E-state index in [0.29, 0.717) is 18.8 Å². The van der Waals surface area contributed by atoms with Crippen molar-refractivity contribution < 1.29 is 19.0 Å². The Bertz CT molecular complexity index is 1360. The Balaban J connectivity index is 1.60. The lowest BCUT2D eigenvalue weighted by molar-refractivity contribution is -0.120. The maximum atomic E-state index is 10.8. The summed E-state index contributed by atoms with van der Waals surface area (Å²) in [5, 5.41) is 8.35. The van der Waals surface area contributed by atoms with Crippen molar-refractivity contribution in [1.29, 1.82) is 0 Å². The number of aryl methyl sites for hydroxylation is 1. The first kappa shape index (κ1) is 21.8. The third-order valence-corrected chi connectivity index (χ3v) is 6.38. The molecule has 0 unspecified atom stereocenters. The zero-order valence-corrected chi connectivity index (χ0v) is 19.4. The second-order valence-electron chi connectivity index (χ2n) is 8.16. The maximum absolute atomic E-state index is 10.8. The van der Waals surface area contributed by atoms with Crippen LogP contribution in [0.3, 0.4) is 0 Å². The minimum atomic E-state index is 0.443. The number of nitrogens with one attached hydrogen (secondary N) is 1. The quantitative estimate of drug-likeness (QED) is 0.413. The van der Waals surface area contributed by atoms with E-state index in [1.165, 1.54) is 5.56 Å². The lowest BCUT2D eigenvalue weighted by Crippen LogP contribution is -2.31. The average molecular weight is 459 g/mol. The van der Waals surface area contributed by atoms with Gasteiger partial charge in [-0.1, -0.05) is 13.0 Å². The van der Waals surface area contributed by atoms with E-state index in [9.17, 15) is 4.79 Å². The third-order valence-electron chi connectivity index (χ3n) is 6.38. The van der Waals surface area contributed by atoms with Gasteiger partial charge in [0.05, 0.1) is 37.0 Å². The minimum Gasteiger partial charge on any atom is -0.493 e. The number of carbonyl (C=O) groups excluding carboxylic acids is 1. The Hall–Kier alpha value is -4.07. The molecule has 0 fully saturated rings. The normalized spacial score (nSPS) is 13.0. The number of anilines is 1. The topological polar surface area (TPSA) is 89.6 Å². The van der Waals surface area contributed by atoms with Crippen molar-refractivity contribution in [2.45, 2.75) is 26.3 Å². The van der Waals surface area contributed by atoms with E-state index in [1.807, 2.05) is 30.5 Å². The van der Waals surface area contributed by atoms with E-state index in [4.69, 9.17) is 19.2 Å². The van der Waals surface area contributed by atoms with Gasteiger partial charge in [0, 0.05) is 24.2 Å². The number of hydrogen-bond donors (Lipinski definition) is 1. The van der Waals surface area contributed by atoms with Crippen LogP contribution in [0.5, 0.6) is 17.2 Å². The predicted molar refractivity (Wildman–Crippen MR) is 130 cm³/mol. The summed E-state index contributed by atoms with van der Waals surface area (Å²) in [5.74, 6) is 2.88. The van der Waals surface area contributed by atoms with Crippen LogP contribution in [0.4, 0.5) is 5.82 Å². The molecule has 0 radical (unpaired) electrons.